The highest BCUT2D eigenvalue weighted by molar-refractivity contribution is 14.1. The van der Waals surface area contributed by atoms with Crippen molar-refractivity contribution in [2.45, 2.75) is 6.54 Å². The first-order chi connectivity index (χ1) is 9.08. The maximum absolute atomic E-state index is 10.8. The molecular formula is C12H10I2N2O3. The molecule has 1 N–H and O–H groups in total. The zero-order valence-electron chi connectivity index (χ0n) is 9.72. The van der Waals surface area contributed by atoms with E-state index in [1.54, 1.807) is 18.5 Å². The van der Waals surface area contributed by atoms with E-state index in [0.29, 0.717) is 18.9 Å². The number of imidazole rings is 1. The Morgan fingerprint density at radius 1 is 1.42 bits per heavy atom. The van der Waals surface area contributed by atoms with Crippen LogP contribution in [0.25, 0.3) is 0 Å². The van der Waals surface area contributed by atoms with Gasteiger partial charge in [-0.3, -0.25) is 0 Å². The molecule has 2 aromatic rings. The summed E-state index contributed by atoms with van der Waals surface area (Å²) in [7, 11) is 0. The summed E-state index contributed by atoms with van der Waals surface area (Å²) in [5.74, 6) is -0.395. The minimum absolute atomic E-state index is 0.226. The molecule has 0 amide bonds. The van der Waals surface area contributed by atoms with Crippen LogP contribution in [-0.2, 0) is 6.54 Å². The van der Waals surface area contributed by atoms with E-state index in [0.717, 1.165) is 7.40 Å². The number of ether oxygens (including phenoxy) is 1. The highest BCUT2D eigenvalue weighted by Crippen LogP contribution is 2.15. The average molecular weight is 484 g/mol. The Kier molecular flexibility index (Phi) is 5.02. The molecule has 0 radical (unpaired) electrons. The zero-order chi connectivity index (χ0) is 13.8. The van der Waals surface area contributed by atoms with Crippen molar-refractivity contribution in [3.05, 3.63) is 43.6 Å². The van der Waals surface area contributed by atoms with Crippen molar-refractivity contribution in [3.8, 4) is 5.75 Å². The standard InChI is InChI=1S/C12H10I2N2O3/c13-10-11(14)16(7-15-10)4-5-19-9-3-1-2-8(6-9)12(17)18/h1-3,6-7H,4-5H2,(H,17,18). The number of nitrogens with zero attached hydrogens (tertiary/aromatic N) is 2. The highest BCUT2D eigenvalue weighted by atomic mass is 127. The second-order valence-electron chi connectivity index (χ2n) is 3.70. The third-order valence-electron chi connectivity index (χ3n) is 2.41. The van der Waals surface area contributed by atoms with Crippen LogP contribution in [0.5, 0.6) is 5.75 Å². The molecule has 0 aliphatic carbocycles. The minimum atomic E-state index is -0.954. The lowest BCUT2D eigenvalue weighted by Crippen LogP contribution is -2.09. The Hall–Kier alpha value is -0.840. The summed E-state index contributed by atoms with van der Waals surface area (Å²) in [5.41, 5.74) is 0.226. The second kappa shape index (κ2) is 6.55. The number of carbonyl (C=O) groups is 1. The summed E-state index contributed by atoms with van der Waals surface area (Å²) in [6.07, 6.45) is 1.76. The Labute approximate surface area is 137 Å². The van der Waals surface area contributed by atoms with Gasteiger partial charge in [-0.2, -0.15) is 0 Å². The molecule has 0 atom stereocenters. The smallest absolute Gasteiger partial charge is 0.335 e. The Morgan fingerprint density at radius 3 is 2.84 bits per heavy atom. The fourth-order valence-corrected chi connectivity index (χ4v) is 2.42. The molecule has 0 spiro atoms. The van der Waals surface area contributed by atoms with Gasteiger partial charge in [0.15, 0.2) is 0 Å². The van der Waals surface area contributed by atoms with Gasteiger partial charge in [-0.1, -0.05) is 6.07 Å². The molecule has 1 aromatic carbocycles. The number of halogens is 2. The molecule has 0 aliphatic heterocycles. The summed E-state index contributed by atoms with van der Waals surface area (Å²) in [6, 6.07) is 6.47. The van der Waals surface area contributed by atoms with Crippen molar-refractivity contribution in [2.24, 2.45) is 0 Å². The number of aromatic nitrogens is 2. The number of aromatic carboxylic acids is 1. The molecule has 5 nitrogen and oxygen atoms in total. The van der Waals surface area contributed by atoms with Crippen LogP contribution in [0.3, 0.4) is 0 Å². The molecule has 0 bridgehead atoms. The van der Waals surface area contributed by atoms with Crippen LogP contribution in [0.1, 0.15) is 10.4 Å². The Balaban J connectivity index is 1.94. The molecule has 0 fully saturated rings. The number of carboxylic acids is 1. The van der Waals surface area contributed by atoms with Crippen molar-refractivity contribution >= 4 is 51.2 Å². The van der Waals surface area contributed by atoms with Crippen molar-refractivity contribution < 1.29 is 14.6 Å². The van der Waals surface area contributed by atoms with Crippen molar-refractivity contribution in [1.82, 2.24) is 9.55 Å². The maximum atomic E-state index is 10.8. The van der Waals surface area contributed by atoms with E-state index in [-0.39, 0.29) is 5.56 Å². The van der Waals surface area contributed by atoms with Gasteiger partial charge in [0, 0.05) is 0 Å². The zero-order valence-corrected chi connectivity index (χ0v) is 14.0. The van der Waals surface area contributed by atoms with Crippen LogP contribution in [-0.4, -0.2) is 27.2 Å². The van der Waals surface area contributed by atoms with Gasteiger partial charge in [-0.25, -0.2) is 9.78 Å². The van der Waals surface area contributed by atoms with Crippen LogP contribution < -0.4 is 4.74 Å². The first-order valence-electron chi connectivity index (χ1n) is 5.40. The molecule has 100 valence electrons. The molecule has 1 heterocycles. The average Bonchev–Trinajstić information content (AvgIpc) is 2.71. The fraction of sp³-hybridized carbons (Fsp3) is 0.167. The lowest BCUT2D eigenvalue weighted by molar-refractivity contribution is 0.0696. The highest BCUT2D eigenvalue weighted by Gasteiger charge is 2.06. The summed E-state index contributed by atoms with van der Waals surface area (Å²) < 4.78 is 9.57. The topological polar surface area (TPSA) is 64.3 Å². The van der Waals surface area contributed by atoms with Gasteiger partial charge in [-0.15, -0.1) is 0 Å². The van der Waals surface area contributed by atoms with Crippen LogP contribution in [0, 0.1) is 7.40 Å². The van der Waals surface area contributed by atoms with E-state index in [1.807, 2.05) is 4.57 Å². The number of hydrogen-bond donors (Lipinski definition) is 1. The quantitative estimate of drug-likeness (QED) is 0.664. The molecule has 2 rings (SSSR count). The van der Waals surface area contributed by atoms with Gasteiger partial charge in [-0.05, 0) is 63.4 Å². The summed E-state index contributed by atoms with van der Waals surface area (Å²) >= 11 is 4.40. The first-order valence-corrected chi connectivity index (χ1v) is 7.56. The molecule has 1 aromatic heterocycles. The summed E-state index contributed by atoms with van der Waals surface area (Å²) in [4.78, 5) is 15.0. The van der Waals surface area contributed by atoms with Crippen LogP contribution >= 0.6 is 45.2 Å². The lowest BCUT2D eigenvalue weighted by Gasteiger charge is -2.08. The number of benzene rings is 1. The van der Waals surface area contributed by atoms with Gasteiger partial charge in [0.2, 0.25) is 0 Å². The van der Waals surface area contributed by atoms with Crippen LogP contribution in [0.15, 0.2) is 30.6 Å². The molecule has 0 unspecified atom stereocenters. The fourth-order valence-electron chi connectivity index (χ4n) is 1.48. The lowest BCUT2D eigenvalue weighted by atomic mass is 10.2. The predicted octanol–water partition coefficient (Wildman–Crippen LogP) is 2.87. The Bertz CT molecular complexity index is 598. The number of hydrogen-bond acceptors (Lipinski definition) is 3. The van der Waals surface area contributed by atoms with Crippen LogP contribution in [0.2, 0.25) is 0 Å². The molecular weight excluding hydrogens is 474 g/mol. The van der Waals surface area contributed by atoms with Crippen molar-refractivity contribution in [3.63, 3.8) is 0 Å². The van der Waals surface area contributed by atoms with Gasteiger partial charge < -0.3 is 14.4 Å². The van der Waals surface area contributed by atoms with Crippen molar-refractivity contribution in [1.29, 1.82) is 0 Å². The van der Waals surface area contributed by atoms with Crippen molar-refractivity contribution in [2.75, 3.05) is 6.61 Å². The van der Waals surface area contributed by atoms with Crippen LogP contribution in [0.4, 0.5) is 0 Å². The monoisotopic (exact) mass is 484 g/mol. The second-order valence-corrected chi connectivity index (χ2v) is 5.74. The van der Waals surface area contributed by atoms with E-state index >= 15 is 0 Å². The van der Waals surface area contributed by atoms with Gasteiger partial charge in [0.1, 0.15) is 19.8 Å². The predicted molar refractivity (Wildman–Crippen MR) is 86.6 cm³/mol. The molecule has 0 saturated heterocycles. The summed E-state index contributed by atoms with van der Waals surface area (Å²) in [6.45, 7) is 1.14. The molecule has 0 saturated carbocycles. The van der Waals surface area contributed by atoms with E-state index in [9.17, 15) is 4.79 Å². The van der Waals surface area contributed by atoms with Gasteiger partial charge in [0.05, 0.1) is 18.4 Å². The van der Waals surface area contributed by atoms with Gasteiger partial charge >= 0.3 is 5.97 Å². The first kappa shape index (κ1) is 14.6. The SMILES string of the molecule is O=C(O)c1cccc(OCCn2cnc(I)c2I)c1. The Morgan fingerprint density at radius 2 is 2.21 bits per heavy atom. The van der Waals surface area contributed by atoms with E-state index < -0.39 is 5.97 Å². The third kappa shape index (κ3) is 3.81. The summed E-state index contributed by atoms with van der Waals surface area (Å²) in [5, 5.41) is 8.88. The van der Waals surface area contributed by atoms with Gasteiger partial charge in [0.25, 0.3) is 0 Å². The van der Waals surface area contributed by atoms with E-state index in [4.69, 9.17) is 9.84 Å². The molecule has 7 heteroatoms. The maximum Gasteiger partial charge on any atom is 0.335 e. The molecule has 0 aliphatic rings. The largest absolute Gasteiger partial charge is 0.492 e. The number of rotatable bonds is 5. The normalized spacial score (nSPS) is 10.4. The minimum Gasteiger partial charge on any atom is -0.492 e. The van der Waals surface area contributed by atoms with E-state index in [2.05, 4.69) is 50.2 Å². The third-order valence-corrected chi connectivity index (χ3v) is 5.37. The van der Waals surface area contributed by atoms with E-state index in [1.165, 1.54) is 12.1 Å². The molecule has 19 heavy (non-hydrogen) atoms. The number of carboxylic acid groups (broad SMARTS) is 1.